The Balaban J connectivity index is 2.75. The van der Waals surface area contributed by atoms with Crippen molar-refractivity contribution in [3.63, 3.8) is 0 Å². The van der Waals surface area contributed by atoms with Crippen molar-refractivity contribution in [2.24, 2.45) is 0 Å². The lowest BCUT2D eigenvalue weighted by Gasteiger charge is -2.31. The zero-order valence-electron chi connectivity index (χ0n) is 17.9. The molecule has 0 saturated heterocycles. The summed E-state index contributed by atoms with van der Waals surface area (Å²) in [6, 6.07) is 10.3. The third kappa shape index (κ3) is 9.24. The fourth-order valence-corrected chi connectivity index (χ4v) is 8.56. The van der Waals surface area contributed by atoms with E-state index in [-0.39, 0.29) is 26.4 Å². The molecule has 0 aromatic heterocycles. The highest BCUT2D eigenvalue weighted by Gasteiger charge is 2.50. The second-order valence-corrected chi connectivity index (χ2v) is 11.8. The van der Waals surface area contributed by atoms with Crippen LogP contribution in [0.15, 0.2) is 30.3 Å². The Morgan fingerprint density at radius 3 is 1.76 bits per heavy atom. The van der Waals surface area contributed by atoms with Crippen molar-refractivity contribution in [2.75, 3.05) is 44.5 Å². The molecular weight excluding hydrogens is 432 g/mol. The average molecular weight is 468 g/mol. The first-order valence-electron chi connectivity index (χ1n) is 10.1. The van der Waals surface area contributed by atoms with Crippen molar-refractivity contribution >= 4 is 27.0 Å². The van der Waals surface area contributed by atoms with Gasteiger partial charge in [0.15, 0.2) is 0 Å². The van der Waals surface area contributed by atoms with Crippen molar-refractivity contribution in [3.05, 3.63) is 35.9 Å². The lowest BCUT2D eigenvalue weighted by molar-refractivity contribution is 0.190. The minimum atomic E-state index is -3.75. The molecule has 1 N–H and O–H groups in total. The Bertz CT molecular complexity index is 599. The highest BCUT2D eigenvalue weighted by atomic mass is 32.2. The second kappa shape index (κ2) is 14.8. The largest absolute Gasteiger partial charge is 0.359 e. The lowest BCUT2D eigenvalue weighted by atomic mass is 10.2. The van der Waals surface area contributed by atoms with E-state index in [1.54, 1.807) is 39.5 Å². The van der Waals surface area contributed by atoms with E-state index < -0.39 is 20.7 Å². The van der Waals surface area contributed by atoms with Gasteiger partial charge < -0.3 is 18.1 Å². The van der Waals surface area contributed by atoms with Crippen molar-refractivity contribution in [3.8, 4) is 0 Å². The normalized spacial score (nSPS) is 12.6. The van der Waals surface area contributed by atoms with Gasteiger partial charge in [0.2, 0.25) is 5.52 Å². The fourth-order valence-electron chi connectivity index (χ4n) is 2.67. The van der Waals surface area contributed by atoms with E-state index >= 15 is 0 Å². The van der Waals surface area contributed by atoms with Crippen LogP contribution in [0.4, 0.5) is 0 Å². The Labute approximate surface area is 179 Å². The summed E-state index contributed by atoms with van der Waals surface area (Å²) in [6.45, 7) is 8.00. The zero-order valence-corrected chi connectivity index (χ0v) is 20.5. The standard InChI is InChI=1S/C19H35NO6P2S/c1-5-23-27(21,24-6-2)19(28(22,25-7-3)26-8-4)20-15-17-29-16-14-18-12-10-9-11-13-18/h9-13,19-20H,5-8,14-17H2,1-4H3. The molecule has 0 atom stereocenters. The topological polar surface area (TPSA) is 83.1 Å². The number of rotatable bonds is 17. The molecule has 1 rings (SSSR count). The van der Waals surface area contributed by atoms with Crippen molar-refractivity contribution in [1.29, 1.82) is 0 Å². The van der Waals surface area contributed by atoms with Gasteiger partial charge in [-0.2, -0.15) is 11.8 Å². The number of aryl methyl sites for hydroxylation is 1. The van der Waals surface area contributed by atoms with E-state index in [4.69, 9.17) is 18.1 Å². The lowest BCUT2D eigenvalue weighted by Crippen LogP contribution is -2.34. The first-order chi connectivity index (χ1) is 14.0. The van der Waals surface area contributed by atoms with Gasteiger partial charge in [-0.1, -0.05) is 30.3 Å². The summed E-state index contributed by atoms with van der Waals surface area (Å²) in [7, 11) is -7.49. The zero-order chi connectivity index (χ0) is 21.6. The Kier molecular flexibility index (Phi) is 13.7. The van der Waals surface area contributed by atoms with Gasteiger partial charge in [0.25, 0.3) is 0 Å². The number of hydrogen-bond acceptors (Lipinski definition) is 8. The van der Waals surface area contributed by atoms with Crippen LogP contribution in [0.2, 0.25) is 0 Å². The Morgan fingerprint density at radius 1 is 0.828 bits per heavy atom. The molecule has 0 amide bonds. The van der Waals surface area contributed by atoms with Crippen molar-refractivity contribution in [1.82, 2.24) is 5.32 Å². The van der Waals surface area contributed by atoms with E-state index in [9.17, 15) is 9.13 Å². The molecule has 0 unspecified atom stereocenters. The van der Waals surface area contributed by atoms with Crippen molar-refractivity contribution in [2.45, 2.75) is 39.6 Å². The molecule has 0 bridgehead atoms. The first-order valence-corrected chi connectivity index (χ1v) is 14.5. The van der Waals surface area contributed by atoms with Crippen LogP contribution in [-0.4, -0.2) is 50.0 Å². The molecule has 0 radical (unpaired) electrons. The molecule has 0 fully saturated rings. The Morgan fingerprint density at radius 2 is 1.31 bits per heavy atom. The molecule has 7 nitrogen and oxygen atoms in total. The van der Waals surface area contributed by atoms with E-state index in [1.165, 1.54) is 5.56 Å². The van der Waals surface area contributed by atoms with Gasteiger partial charge in [-0.15, -0.1) is 0 Å². The van der Waals surface area contributed by atoms with Crippen molar-refractivity contribution < 1.29 is 27.2 Å². The number of nitrogens with one attached hydrogen (secondary N) is 1. The highest BCUT2D eigenvalue weighted by Crippen LogP contribution is 2.69. The van der Waals surface area contributed by atoms with Gasteiger partial charge >= 0.3 is 15.2 Å². The summed E-state index contributed by atoms with van der Waals surface area (Å²) < 4.78 is 48.5. The van der Waals surface area contributed by atoms with Crippen LogP contribution in [0, 0.1) is 0 Å². The predicted octanol–water partition coefficient (Wildman–Crippen LogP) is 5.37. The smallest absolute Gasteiger partial charge is 0.307 e. The summed E-state index contributed by atoms with van der Waals surface area (Å²) in [4.78, 5) is 0. The molecule has 0 aliphatic rings. The average Bonchev–Trinajstić information content (AvgIpc) is 2.68. The molecule has 29 heavy (non-hydrogen) atoms. The van der Waals surface area contributed by atoms with Gasteiger partial charge in [-0.25, -0.2) is 0 Å². The predicted molar refractivity (Wildman–Crippen MR) is 121 cm³/mol. The van der Waals surface area contributed by atoms with Crippen LogP contribution in [0.1, 0.15) is 33.3 Å². The quantitative estimate of drug-likeness (QED) is 0.242. The SMILES string of the molecule is CCOP(=O)(OCC)C(NCCSCCc1ccccc1)P(=O)(OCC)OCC. The molecule has 0 aliphatic heterocycles. The fraction of sp³-hybridized carbons (Fsp3) is 0.684. The maximum atomic E-state index is 13.4. The van der Waals surface area contributed by atoms with Crippen LogP contribution in [0.3, 0.4) is 0 Å². The summed E-state index contributed by atoms with van der Waals surface area (Å²) in [5.41, 5.74) is 0.129. The first kappa shape index (κ1) is 26.9. The minimum absolute atomic E-state index is 0.166. The molecule has 0 aliphatic carbocycles. The number of hydrogen-bond donors (Lipinski definition) is 1. The van der Waals surface area contributed by atoms with E-state index in [0.717, 1.165) is 17.9 Å². The third-order valence-electron chi connectivity index (χ3n) is 3.79. The maximum Gasteiger partial charge on any atom is 0.359 e. The van der Waals surface area contributed by atoms with Crippen LogP contribution in [0.25, 0.3) is 0 Å². The van der Waals surface area contributed by atoms with Crippen LogP contribution in [-0.2, 0) is 33.6 Å². The van der Waals surface area contributed by atoms with Gasteiger partial charge in [0, 0.05) is 12.3 Å². The minimum Gasteiger partial charge on any atom is -0.307 e. The molecule has 0 heterocycles. The van der Waals surface area contributed by atoms with Crippen LogP contribution >= 0.6 is 27.0 Å². The summed E-state index contributed by atoms with van der Waals surface area (Å²) >= 11 is 1.76. The molecule has 168 valence electrons. The van der Waals surface area contributed by atoms with Gasteiger partial charge in [-0.05, 0) is 45.4 Å². The molecular formula is C19H35NO6P2S. The summed E-state index contributed by atoms with van der Waals surface area (Å²) in [5.74, 6) is 1.71. The molecule has 1 aromatic carbocycles. The maximum absolute atomic E-state index is 13.4. The number of benzene rings is 1. The number of thioether (sulfide) groups is 1. The van der Waals surface area contributed by atoms with Gasteiger partial charge in [0.05, 0.1) is 26.4 Å². The van der Waals surface area contributed by atoms with E-state index in [0.29, 0.717) is 6.54 Å². The molecule has 1 aromatic rings. The monoisotopic (exact) mass is 467 g/mol. The van der Waals surface area contributed by atoms with Crippen LogP contribution < -0.4 is 5.32 Å². The molecule has 10 heteroatoms. The van der Waals surface area contributed by atoms with Gasteiger partial charge in [0.1, 0.15) is 0 Å². The summed E-state index contributed by atoms with van der Waals surface area (Å²) in [6.07, 6.45) is 0.974. The van der Waals surface area contributed by atoms with E-state index in [2.05, 4.69) is 17.4 Å². The summed E-state index contributed by atoms with van der Waals surface area (Å²) in [5, 5.41) is 3.09. The third-order valence-corrected chi connectivity index (χ3v) is 10.5. The van der Waals surface area contributed by atoms with Crippen LogP contribution in [0.5, 0.6) is 0 Å². The second-order valence-electron chi connectivity index (χ2n) is 5.93. The Hall–Kier alpha value is -0.170. The van der Waals surface area contributed by atoms with E-state index in [1.807, 2.05) is 18.2 Å². The molecule has 0 spiro atoms. The molecule has 0 saturated carbocycles. The highest BCUT2D eigenvalue weighted by molar-refractivity contribution is 7.99. The van der Waals surface area contributed by atoms with Gasteiger partial charge in [-0.3, -0.25) is 14.4 Å².